The highest BCUT2D eigenvalue weighted by Crippen LogP contribution is 2.56. The standard InChI is InChI=1S/C30H31N7O5/c1-18-3-4-19(25-33-27(42-34-25)20-9-29(10-20)12-36(13-29)28(39)40-2)7-23(18)32-26(38)22-11-31-37-6-5-21(8-24(22)37)35-14-30(15-35)16-41-17-30/h3-8,11,20H,9-10,12-17H2,1-2H3,(H,32,38). The molecule has 12 heteroatoms. The molecule has 216 valence electrons. The fourth-order valence-corrected chi connectivity index (χ4v) is 6.90. The van der Waals surface area contributed by atoms with E-state index in [1.807, 2.05) is 43.5 Å². The van der Waals surface area contributed by atoms with Crippen LogP contribution < -0.4 is 10.2 Å². The summed E-state index contributed by atoms with van der Waals surface area (Å²) in [6.45, 7) is 6.96. The monoisotopic (exact) mass is 569 g/mol. The van der Waals surface area contributed by atoms with Gasteiger partial charge >= 0.3 is 6.09 Å². The molecule has 0 bridgehead atoms. The lowest BCUT2D eigenvalue weighted by Crippen LogP contribution is -2.66. The number of benzene rings is 1. The van der Waals surface area contributed by atoms with Crippen LogP contribution in [0.2, 0.25) is 0 Å². The van der Waals surface area contributed by atoms with Gasteiger partial charge in [-0.15, -0.1) is 0 Å². The van der Waals surface area contributed by atoms with Crippen LogP contribution in [0.3, 0.4) is 0 Å². The van der Waals surface area contributed by atoms with Crippen LogP contribution in [0.5, 0.6) is 0 Å². The molecule has 1 saturated carbocycles. The highest BCUT2D eigenvalue weighted by atomic mass is 16.5. The molecule has 3 aromatic heterocycles. The number of methoxy groups -OCH3 is 1. The minimum absolute atomic E-state index is 0.136. The largest absolute Gasteiger partial charge is 0.453 e. The molecule has 6 heterocycles. The number of carbonyl (C=O) groups is 2. The number of nitrogens with zero attached hydrogens (tertiary/aromatic N) is 6. The van der Waals surface area contributed by atoms with Crippen molar-refractivity contribution in [1.82, 2.24) is 24.7 Å². The van der Waals surface area contributed by atoms with Crippen LogP contribution in [0.25, 0.3) is 16.9 Å². The van der Waals surface area contributed by atoms with E-state index in [0.717, 1.165) is 61.5 Å². The Balaban J connectivity index is 0.958. The number of aryl methyl sites for hydroxylation is 1. The highest BCUT2D eigenvalue weighted by molar-refractivity contribution is 6.09. The normalized spacial score (nSPS) is 20.1. The van der Waals surface area contributed by atoms with Crippen molar-refractivity contribution in [2.24, 2.45) is 10.8 Å². The van der Waals surface area contributed by atoms with Crippen LogP contribution in [0, 0.1) is 17.8 Å². The molecule has 1 N–H and O–H groups in total. The van der Waals surface area contributed by atoms with E-state index in [1.54, 1.807) is 15.6 Å². The van der Waals surface area contributed by atoms with Gasteiger partial charge < -0.3 is 29.1 Å². The van der Waals surface area contributed by atoms with Gasteiger partial charge in [-0.25, -0.2) is 9.31 Å². The van der Waals surface area contributed by atoms with E-state index in [4.69, 9.17) is 14.0 Å². The van der Waals surface area contributed by atoms with Gasteiger partial charge in [-0.2, -0.15) is 10.1 Å². The van der Waals surface area contributed by atoms with Crippen LogP contribution in [0.1, 0.15) is 40.6 Å². The average Bonchev–Trinajstić information content (AvgIpc) is 3.54. The van der Waals surface area contributed by atoms with E-state index < -0.39 is 0 Å². The molecule has 2 amide bonds. The number of carbonyl (C=O) groups excluding carboxylic acids is 2. The summed E-state index contributed by atoms with van der Waals surface area (Å²) in [5.41, 5.74) is 5.13. The van der Waals surface area contributed by atoms with E-state index in [2.05, 4.69) is 25.5 Å². The smallest absolute Gasteiger partial charge is 0.409 e. The van der Waals surface area contributed by atoms with Gasteiger partial charge in [0.1, 0.15) is 0 Å². The van der Waals surface area contributed by atoms with Crippen molar-refractivity contribution in [3.05, 3.63) is 59.7 Å². The van der Waals surface area contributed by atoms with E-state index in [1.165, 1.54) is 7.11 Å². The quantitative estimate of drug-likeness (QED) is 0.382. The summed E-state index contributed by atoms with van der Waals surface area (Å²) in [6.07, 6.45) is 5.04. The number of likely N-dealkylation sites (tertiary alicyclic amines) is 1. The van der Waals surface area contributed by atoms with Crippen molar-refractivity contribution in [3.8, 4) is 11.4 Å². The molecule has 1 aliphatic carbocycles. The Morgan fingerprint density at radius 1 is 1.07 bits per heavy atom. The zero-order chi connectivity index (χ0) is 28.6. The first-order valence-electron chi connectivity index (χ1n) is 14.2. The molecule has 3 aliphatic heterocycles. The lowest BCUT2D eigenvalue weighted by molar-refractivity contribution is -0.127. The Morgan fingerprint density at radius 2 is 1.88 bits per heavy atom. The molecule has 42 heavy (non-hydrogen) atoms. The number of fused-ring (bicyclic) bond motifs is 1. The van der Waals surface area contributed by atoms with E-state index in [-0.39, 0.29) is 23.3 Å². The summed E-state index contributed by atoms with van der Waals surface area (Å²) < 4.78 is 17.6. The van der Waals surface area contributed by atoms with Crippen molar-refractivity contribution in [2.75, 3.05) is 56.7 Å². The van der Waals surface area contributed by atoms with Gasteiger partial charge in [-0.3, -0.25) is 4.79 Å². The van der Waals surface area contributed by atoms with Crippen molar-refractivity contribution in [3.63, 3.8) is 0 Å². The number of ether oxygens (including phenoxy) is 2. The first kappa shape index (κ1) is 25.3. The van der Waals surface area contributed by atoms with Crippen LogP contribution >= 0.6 is 0 Å². The maximum atomic E-state index is 13.5. The maximum Gasteiger partial charge on any atom is 0.409 e. The van der Waals surface area contributed by atoms with Gasteiger partial charge in [-0.1, -0.05) is 17.3 Å². The topological polar surface area (TPSA) is 127 Å². The summed E-state index contributed by atoms with van der Waals surface area (Å²) in [5.74, 6) is 1.04. The maximum absolute atomic E-state index is 13.5. The van der Waals surface area contributed by atoms with E-state index >= 15 is 0 Å². The minimum atomic E-state index is -0.276. The van der Waals surface area contributed by atoms with E-state index in [9.17, 15) is 9.59 Å². The van der Waals surface area contributed by atoms with Gasteiger partial charge in [0.2, 0.25) is 11.7 Å². The predicted molar refractivity (Wildman–Crippen MR) is 151 cm³/mol. The van der Waals surface area contributed by atoms with Crippen LogP contribution in [-0.2, 0) is 9.47 Å². The zero-order valence-electron chi connectivity index (χ0n) is 23.5. The van der Waals surface area contributed by atoms with Crippen molar-refractivity contribution >= 4 is 28.9 Å². The molecule has 2 spiro atoms. The third kappa shape index (κ3) is 3.96. The highest BCUT2D eigenvalue weighted by Gasteiger charge is 2.55. The summed E-state index contributed by atoms with van der Waals surface area (Å²) in [6, 6.07) is 9.80. The molecule has 0 radical (unpaired) electrons. The van der Waals surface area contributed by atoms with Gasteiger partial charge in [-0.05, 0) is 43.5 Å². The first-order valence-corrected chi connectivity index (χ1v) is 14.2. The average molecular weight is 570 g/mol. The molecule has 12 nitrogen and oxygen atoms in total. The number of anilines is 2. The molecule has 0 atom stereocenters. The van der Waals surface area contributed by atoms with Gasteiger partial charge in [0, 0.05) is 60.6 Å². The third-order valence-corrected chi connectivity index (χ3v) is 9.36. The van der Waals surface area contributed by atoms with Crippen LogP contribution in [-0.4, -0.2) is 83.2 Å². The molecular weight excluding hydrogens is 538 g/mol. The van der Waals surface area contributed by atoms with Crippen molar-refractivity contribution in [2.45, 2.75) is 25.7 Å². The minimum Gasteiger partial charge on any atom is -0.453 e. The Morgan fingerprint density at radius 3 is 2.62 bits per heavy atom. The van der Waals surface area contributed by atoms with Gasteiger partial charge in [0.05, 0.1) is 43.0 Å². The summed E-state index contributed by atoms with van der Waals surface area (Å²) in [5, 5.41) is 11.7. The molecule has 0 unspecified atom stereocenters. The zero-order valence-corrected chi connectivity index (χ0v) is 23.5. The van der Waals surface area contributed by atoms with Gasteiger partial charge in [0.25, 0.3) is 5.91 Å². The Bertz CT molecular complexity index is 1720. The number of amides is 2. The number of rotatable bonds is 5. The fraction of sp³-hybridized carbons (Fsp3) is 0.433. The molecular formula is C30H31N7O5. The first-order chi connectivity index (χ1) is 20.3. The second-order valence-corrected chi connectivity index (χ2v) is 12.5. The summed E-state index contributed by atoms with van der Waals surface area (Å²) in [4.78, 5) is 33.9. The number of hydrogen-bond acceptors (Lipinski definition) is 9. The summed E-state index contributed by atoms with van der Waals surface area (Å²) in [7, 11) is 1.41. The Kier molecular flexibility index (Phi) is 5.43. The molecule has 4 fully saturated rings. The molecule has 3 saturated heterocycles. The third-order valence-electron chi connectivity index (χ3n) is 9.36. The number of pyridine rings is 1. The summed E-state index contributed by atoms with van der Waals surface area (Å²) >= 11 is 0. The van der Waals surface area contributed by atoms with Crippen LogP contribution in [0.4, 0.5) is 16.2 Å². The lowest BCUT2D eigenvalue weighted by Gasteiger charge is -2.57. The number of hydrogen-bond donors (Lipinski definition) is 1. The van der Waals surface area contributed by atoms with Crippen molar-refractivity contribution in [1.29, 1.82) is 0 Å². The molecule has 4 aliphatic rings. The van der Waals surface area contributed by atoms with Gasteiger partial charge in [0.15, 0.2) is 0 Å². The second-order valence-electron chi connectivity index (χ2n) is 12.5. The van der Waals surface area contributed by atoms with Crippen molar-refractivity contribution < 1.29 is 23.6 Å². The second kappa shape index (κ2) is 9.02. The Labute approximate surface area is 241 Å². The molecule has 4 aromatic rings. The molecule has 1 aromatic carbocycles. The number of nitrogens with one attached hydrogen (secondary N) is 1. The lowest BCUT2D eigenvalue weighted by atomic mass is 9.58. The predicted octanol–water partition coefficient (Wildman–Crippen LogP) is 3.73. The SMILES string of the molecule is COC(=O)N1CC2(CC(c3nc(-c4ccc(C)c(NC(=O)c5cnn6ccc(N7CC8(COC8)C7)cc56)c4)no3)C2)C1. The van der Waals surface area contributed by atoms with E-state index in [0.29, 0.717) is 41.5 Å². The number of aromatic nitrogens is 4. The van der Waals surface area contributed by atoms with Crippen LogP contribution in [0.15, 0.2) is 47.2 Å². The Hall–Kier alpha value is -4.45. The molecule has 8 rings (SSSR count). The fourth-order valence-electron chi connectivity index (χ4n) is 6.90.